The van der Waals surface area contributed by atoms with Crippen LogP contribution in [-0.2, 0) is 4.74 Å². The summed E-state index contributed by atoms with van der Waals surface area (Å²) in [5.41, 5.74) is 0.904. The van der Waals surface area contributed by atoms with E-state index in [-0.39, 0.29) is 17.2 Å². The average Bonchev–Trinajstić information content (AvgIpc) is 2.78. The minimum atomic E-state index is -0.877. The molecule has 0 aliphatic heterocycles. The van der Waals surface area contributed by atoms with Crippen molar-refractivity contribution in [2.24, 2.45) is 0 Å². The molecule has 31 heavy (non-hydrogen) atoms. The zero-order valence-electron chi connectivity index (χ0n) is 18.6. The molecule has 0 saturated carbocycles. The highest BCUT2D eigenvalue weighted by Gasteiger charge is 2.14. The highest BCUT2D eigenvalue weighted by Crippen LogP contribution is 2.27. The van der Waals surface area contributed by atoms with E-state index in [1.165, 1.54) is 19.0 Å². The van der Waals surface area contributed by atoms with Crippen molar-refractivity contribution in [2.75, 3.05) is 13.2 Å². The molecule has 1 unspecified atom stereocenters. The first-order chi connectivity index (χ1) is 15.1. The molecule has 1 aromatic carbocycles. The fourth-order valence-corrected chi connectivity index (χ4v) is 3.14. The summed E-state index contributed by atoms with van der Waals surface area (Å²) in [4.78, 5) is 4.11. The number of rotatable bonds is 14. The second kappa shape index (κ2) is 13.7. The van der Waals surface area contributed by atoms with Crippen molar-refractivity contribution in [3.8, 4) is 17.0 Å². The molecule has 0 spiro atoms. The molecule has 0 N–H and O–H groups in total. The van der Waals surface area contributed by atoms with Crippen LogP contribution < -0.4 is 4.74 Å². The van der Waals surface area contributed by atoms with E-state index >= 15 is 0 Å². The van der Waals surface area contributed by atoms with Crippen LogP contribution in [0.15, 0.2) is 49.2 Å². The third-order valence-corrected chi connectivity index (χ3v) is 4.94. The maximum Gasteiger partial charge on any atom is 0.213 e. The van der Waals surface area contributed by atoms with Gasteiger partial charge in [0.25, 0.3) is 0 Å². The Morgan fingerprint density at radius 2 is 1.94 bits per heavy atom. The van der Waals surface area contributed by atoms with Crippen LogP contribution in [0.25, 0.3) is 17.2 Å². The van der Waals surface area contributed by atoms with Crippen LogP contribution in [0.2, 0.25) is 0 Å². The van der Waals surface area contributed by atoms with Crippen LogP contribution >= 0.6 is 0 Å². The molecule has 1 heterocycles. The van der Waals surface area contributed by atoms with Crippen LogP contribution in [0.3, 0.4) is 0 Å². The van der Waals surface area contributed by atoms with Crippen molar-refractivity contribution in [1.29, 1.82) is 0 Å². The Morgan fingerprint density at radius 1 is 1.10 bits per heavy atom. The van der Waals surface area contributed by atoms with Gasteiger partial charge in [0.2, 0.25) is 5.88 Å². The molecule has 5 heteroatoms. The van der Waals surface area contributed by atoms with E-state index in [0.717, 1.165) is 32.3 Å². The highest BCUT2D eigenvalue weighted by molar-refractivity contribution is 5.66. The summed E-state index contributed by atoms with van der Waals surface area (Å²) in [5.74, 6) is -1.32. The third kappa shape index (κ3) is 8.25. The van der Waals surface area contributed by atoms with Crippen LogP contribution in [0, 0.1) is 11.6 Å². The van der Waals surface area contributed by atoms with E-state index in [0.29, 0.717) is 18.1 Å². The van der Waals surface area contributed by atoms with Crippen molar-refractivity contribution >= 4 is 6.08 Å². The van der Waals surface area contributed by atoms with E-state index in [2.05, 4.69) is 25.4 Å². The SMILES string of the molecule is C=CCOc1ccc(-c2ccc(/C=C/CCCC(C)OCCCCC)c(F)c2F)cn1. The highest BCUT2D eigenvalue weighted by atomic mass is 19.2. The standard InChI is InChI=1S/C26H33F2NO2/c1-4-6-10-18-30-20(3)11-8-7-9-12-21-13-15-23(26(28)25(21)27)22-14-16-24(29-19-22)31-17-5-2/h5,9,12-16,19-20H,2,4,6-8,10-11,17-18H2,1,3H3/b12-9+. The number of pyridine rings is 1. The maximum absolute atomic E-state index is 14.6. The molecule has 0 amide bonds. The molecule has 1 atom stereocenters. The number of nitrogens with zero attached hydrogens (tertiary/aromatic N) is 1. The monoisotopic (exact) mass is 429 g/mol. The second-order valence-corrected chi connectivity index (χ2v) is 7.54. The van der Waals surface area contributed by atoms with Crippen molar-refractivity contribution in [3.63, 3.8) is 0 Å². The molecular formula is C26H33F2NO2. The van der Waals surface area contributed by atoms with Gasteiger partial charge in [-0.05, 0) is 38.7 Å². The first-order valence-corrected chi connectivity index (χ1v) is 11.0. The Labute approximate surface area is 184 Å². The summed E-state index contributed by atoms with van der Waals surface area (Å²) in [6, 6.07) is 6.44. The normalized spacial score (nSPS) is 12.3. The number of benzene rings is 1. The quantitative estimate of drug-likeness (QED) is 0.232. The molecule has 0 aliphatic rings. The Kier molecular flexibility index (Phi) is 10.9. The first-order valence-electron chi connectivity index (χ1n) is 11.0. The molecule has 2 rings (SSSR count). The average molecular weight is 430 g/mol. The summed E-state index contributed by atoms with van der Waals surface area (Å²) in [6.45, 7) is 8.97. The Morgan fingerprint density at radius 3 is 2.65 bits per heavy atom. The number of allylic oxidation sites excluding steroid dienone is 1. The molecule has 0 aliphatic carbocycles. The lowest BCUT2D eigenvalue weighted by Gasteiger charge is -2.12. The number of hydrogen-bond acceptors (Lipinski definition) is 3. The Balaban J connectivity index is 1.88. The largest absolute Gasteiger partial charge is 0.473 e. The molecule has 168 valence electrons. The topological polar surface area (TPSA) is 31.4 Å². The molecule has 0 saturated heterocycles. The van der Waals surface area contributed by atoms with E-state index in [4.69, 9.17) is 9.47 Å². The first kappa shape index (κ1) is 24.7. The van der Waals surface area contributed by atoms with E-state index < -0.39 is 11.6 Å². The number of unbranched alkanes of at least 4 members (excludes halogenated alkanes) is 3. The van der Waals surface area contributed by atoms with Gasteiger partial charge in [-0.15, -0.1) is 0 Å². The van der Waals surface area contributed by atoms with Gasteiger partial charge in [-0.25, -0.2) is 13.8 Å². The Bertz CT molecular complexity index is 834. The number of hydrogen-bond donors (Lipinski definition) is 0. The fourth-order valence-electron chi connectivity index (χ4n) is 3.14. The molecule has 0 fully saturated rings. The van der Waals surface area contributed by atoms with Crippen molar-refractivity contribution in [2.45, 2.75) is 58.5 Å². The van der Waals surface area contributed by atoms with Gasteiger partial charge in [0.1, 0.15) is 6.61 Å². The maximum atomic E-state index is 14.6. The molecule has 0 radical (unpaired) electrons. The van der Waals surface area contributed by atoms with Gasteiger partial charge < -0.3 is 9.47 Å². The van der Waals surface area contributed by atoms with Crippen LogP contribution in [-0.4, -0.2) is 24.3 Å². The van der Waals surface area contributed by atoms with Crippen molar-refractivity contribution in [3.05, 3.63) is 66.4 Å². The summed E-state index contributed by atoms with van der Waals surface area (Å²) < 4.78 is 40.2. The van der Waals surface area contributed by atoms with Crippen molar-refractivity contribution in [1.82, 2.24) is 4.98 Å². The summed E-state index contributed by atoms with van der Waals surface area (Å²) in [6.07, 6.45) is 13.0. The van der Waals surface area contributed by atoms with Gasteiger partial charge in [-0.1, -0.05) is 56.7 Å². The minimum absolute atomic E-state index is 0.173. The van der Waals surface area contributed by atoms with Gasteiger partial charge in [0.15, 0.2) is 11.6 Å². The summed E-state index contributed by atoms with van der Waals surface area (Å²) in [7, 11) is 0. The second-order valence-electron chi connectivity index (χ2n) is 7.54. The molecule has 3 nitrogen and oxygen atoms in total. The summed E-state index contributed by atoms with van der Waals surface area (Å²) in [5, 5.41) is 0. The van der Waals surface area contributed by atoms with Crippen molar-refractivity contribution < 1.29 is 18.3 Å². The lowest BCUT2D eigenvalue weighted by Crippen LogP contribution is -2.08. The van der Waals surface area contributed by atoms with Crippen LogP contribution in [0.1, 0.15) is 57.9 Å². The predicted octanol–water partition coefficient (Wildman–Crippen LogP) is 7.37. The summed E-state index contributed by atoms with van der Waals surface area (Å²) >= 11 is 0. The number of ether oxygens (including phenoxy) is 2. The minimum Gasteiger partial charge on any atom is -0.473 e. The van der Waals surface area contributed by atoms with Crippen LogP contribution in [0.4, 0.5) is 8.78 Å². The predicted molar refractivity (Wildman–Crippen MR) is 123 cm³/mol. The van der Waals surface area contributed by atoms with E-state index in [9.17, 15) is 8.78 Å². The van der Waals surface area contributed by atoms with Gasteiger partial charge in [-0.2, -0.15) is 0 Å². The molecule has 0 bridgehead atoms. The van der Waals surface area contributed by atoms with Gasteiger partial charge in [0, 0.05) is 35.6 Å². The smallest absolute Gasteiger partial charge is 0.213 e. The lowest BCUT2D eigenvalue weighted by molar-refractivity contribution is 0.0566. The zero-order valence-corrected chi connectivity index (χ0v) is 18.6. The van der Waals surface area contributed by atoms with Gasteiger partial charge in [-0.3, -0.25) is 0 Å². The molecule has 1 aromatic heterocycles. The Hall–Kier alpha value is -2.53. The number of aromatic nitrogens is 1. The van der Waals surface area contributed by atoms with Crippen LogP contribution in [0.5, 0.6) is 5.88 Å². The fraction of sp³-hybridized carbons (Fsp3) is 0.423. The van der Waals surface area contributed by atoms with Gasteiger partial charge >= 0.3 is 0 Å². The lowest BCUT2D eigenvalue weighted by atomic mass is 10.0. The van der Waals surface area contributed by atoms with E-state index in [1.54, 1.807) is 36.4 Å². The zero-order chi connectivity index (χ0) is 22.5. The molecular weight excluding hydrogens is 396 g/mol. The van der Waals surface area contributed by atoms with Gasteiger partial charge in [0.05, 0.1) is 6.10 Å². The third-order valence-electron chi connectivity index (χ3n) is 4.94. The molecule has 2 aromatic rings. The van der Waals surface area contributed by atoms with E-state index in [1.807, 2.05) is 6.08 Å². The number of halogens is 2.